The number of aryl methyl sites for hydroxylation is 1. The lowest BCUT2D eigenvalue weighted by Crippen LogP contribution is -2.06. The average molecular weight is 222 g/mol. The highest BCUT2D eigenvalue weighted by Gasteiger charge is 2.13. The molecule has 1 aliphatic rings. The first-order chi connectivity index (χ1) is 8.42. The third-order valence-corrected chi connectivity index (χ3v) is 2.98. The Bertz CT molecular complexity index is 540. The summed E-state index contributed by atoms with van der Waals surface area (Å²) in [6.07, 6.45) is 4.16. The van der Waals surface area contributed by atoms with Crippen LogP contribution in [0.4, 0.5) is 0 Å². The predicted octanol–water partition coefficient (Wildman–Crippen LogP) is 4.05. The molecule has 0 saturated heterocycles. The Kier molecular flexibility index (Phi) is 2.66. The fraction of sp³-hybridized carbons (Fsp3) is 0.125. The van der Waals surface area contributed by atoms with Crippen molar-refractivity contribution in [1.82, 2.24) is 0 Å². The number of ether oxygens (including phenoxy) is 1. The van der Waals surface area contributed by atoms with Gasteiger partial charge in [0.2, 0.25) is 0 Å². The first-order valence-electron chi connectivity index (χ1n) is 5.93. The highest BCUT2D eigenvalue weighted by molar-refractivity contribution is 5.53. The number of para-hydroxylation sites is 1. The first-order valence-corrected chi connectivity index (χ1v) is 5.93. The highest BCUT2D eigenvalue weighted by atomic mass is 16.5. The van der Waals surface area contributed by atoms with E-state index in [0.717, 1.165) is 24.4 Å². The van der Waals surface area contributed by atoms with Crippen LogP contribution in [0.5, 0.6) is 5.75 Å². The van der Waals surface area contributed by atoms with Crippen LogP contribution < -0.4 is 4.74 Å². The van der Waals surface area contributed by atoms with Gasteiger partial charge in [-0.2, -0.15) is 0 Å². The number of fused-ring (bicyclic) bond motifs is 1. The monoisotopic (exact) mass is 222 g/mol. The Labute approximate surface area is 101 Å². The topological polar surface area (TPSA) is 9.23 Å². The van der Waals surface area contributed by atoms with Crippen LogP contribution in [-0.2, 0) is 6.42 Å². The van der Waals surface area contributed by atoms with Crippen LogP contribution in [-0.4, -0.2) is 0 Å². The van der Waals surface area contributed by atoms with Gasteiger partial charge in [0.05, 0.1) is 0 Å². The van der Waals surface area contributed by atoms with Crippen molar-refractivity contribution in [2.75, 3.05) is 0 Å². The zero-order valence-electron chi connectivity index (χ0n) is 9.60. The zero-order valence-corrected chi connectivity index (χ0v) is 9.60. The fourth-order valence-electron chi connectivity index (χ4n) is 2.10. The molecule has 0 aromatic heterocycles. The van der Waals surface area contributed by atoms with Gasteiger partial charge in [-0.15, -0.1) is 0 Å². The van der Waals surface area contributed by atoms with Gasteiger partial charge in [-0.3, -0.25) is 0 Å². The number of benzene rings is 2. The molecule has 0 saturated carbocycles. The van der Waals surface area contributed by atoms with Crippen molar-refractivity contribution in [2.45, 2.75) is 12.8 Å². The third kappa shape index (κ3) is 2.23. The van der Waals surface area contributed by atoms with E-state index in [0.29, 0.717) is 0 Å². The molecule has 0 amide bonds. The van der Waals surface area contributed by atoms with Crippen molar-refractivity contribution in [2.24, 2.45) is 0 Å². The van der Waals surface area contributed by atoms with E-state index in [1.807, 2.05) is 30.3 Å². The van der Waals surface area contributed by atoms with Gasteiger partial charge in [0.1, 0.15) is 11.5 Å². The van der Waals surface area contributed by atoms with Crippen LogP contribution in [0.2, 0.25) is 0 Å². The second-order valence-corrected chi connectivity index (χ2v) is 4.23. The molecule has 0 atom stereocenters. The standard InChI is InChI=1S/C16H14O/c1-2-6-13(7-3-1)12-15-11-10-14-8-4-5-9-16(14)17-15/h1-9,12H,10-11H2. The second kappa shape index (κ2) is 4.46. The molecule has 1 heteroatoms. The Morgan fingerprint density at radius 1 is 0.824 bits per heavy atom. The molecular formula is C16H14O. The summed E-state index contributed by atoms with van der Waals surface area (Å²) in [5.41, 5.74) is 2.50. The van der Waals surface area contributed by atoms with Crippen molar-refractivity contribution in [3.63, 3.8) is 0 Å². The van der Waals surface area contributed by atoms with E-state index in [1.165, 1.54) is 11.1 Å². The Morgan fingerprint density at radius 3 is 2.47 bits per heavy atom. The number of rotatable bonds is 1. The molecule has 0 N–H and O–H groups in total. The average Bonchev–Trinajstić information content (AvgIpc) is 2.40. The quantitative estimate of drug-likeness (QED) is 0.707. The largest absolute Gasteiger partial charge is 0.461 e. The van der Waals surface area contributed by atoms with Crippen molar-refractivity contribution in [3.05, 3.63) is 71.5 Å². The Balaban J connectivity index is 1.87. The van der Waals surface area contributed by atoms with E-state index >= 15 is 0 Å². The van der Waals surface area contributed by atoms with E-state index in [1.54, 1.807) is 0 Å². The molecule has 3 rings (SSSR count). The fourth-order valence-corrected chi connectivity index (χ4v) is 2.10. The van der Waals surface area contributed by atoms with Gasteiger partial charge in [0.25, 0.3) is 0 Å². The molecule has 2 aromatic carbocycles. The zero-order chi connectivity index (χ0) is 11.5. The molecular weight excluding hydrogens is 208 g/mol. The van der Waals surface area contributed by atoms with Gasteiger partial charge < -0.3 is 4.74 Å². The molecule has 0 fully saturated rings. The van der Waals surface area contributed by atoms with Gasteiger partial charge in [-0.1, -0.05) is 48.5 Å². The van der Waals surface area contributed by atoms with Crippen LogP contribution in [0.15, 0.2) is 60.4 Å². The van der Waals surface area contributed by atoms with Gasteiger partial charge in [-0.25, -0.2) is 0 Å². The molecule has 17 heavy (non-hydrogen) atoms. The number of allylic oxidation sites excluding steroid dienone is 1. The third-order valence-electron chi connectivity index (χ3n) is 2.98. The molecule has 0 spiro atoms. The molecule has 1 nitrogen and oxygen atoms in total. The summed E-state index contributed by atoms with van der Waals surface area (Å²) in [6, 6.07) is 18.6. The molecule has 1 heterocycles. The molecule has 84 valence electrons. The van der Waals surface area contributed by atoms with Crippen LogP contribution in [0.25, 0.3) is 6.08 Å². The van der Waals surface area contributed by atoms with Crippen molar-refractivity contribution >= 4 is 6.08 Å². The summed E-state index contributed by atoms with van der Waals surface area (Å²) < 4.78 is 5.90. The van der Waals surface area contributed by atoms with Crippen LogP contribution >= 0.6 is 0 Å². The van der Waals surface area contributed by atoms with E-state index < -0.39 is 0 Å². The summed E-state index contributed by atoms with van der Waals surface area (Å²) in [7, 11) is 0. The van der Waals surface area contributed by atoms with E-state index in [4.69, 9.17) is 4.74 Å². The maximum atomic E-state index is 5.90. The predicted molar refractivity (Wildman–Crippen MR) is 69.8 cm³/mol. The van der Waals surface area contributed by atoms with Crippen molar-refractivity contribution in [3.8, 4) is 5.75 Å². The van der Waals surface area contributed by atoms with Crippen LogP contribution in [0.3, 0.4) is 0 Å². The molecule has 0 radical (unpaired) electrons. The smallest absolute Gasteiger partial charge is 0.130 e. The summed E-state index contributed by atoms with van der Waals surface area (Å²) in [5.74, 6) is 2.05. The molecule has 0 bridgehead atoms. The van der Waals surface area contributed by atoms with Gasteiger partial charge in [0, 0.05) is 6.42 Å². The van der Waals surface area contributed by atoms with E-state index in [2.05, 4.69) is 30.3 Å². The summed E-state index contributed by atoms with van der Waals surface area (Å²) >= 11 is 0. The normalized spacial score (nSPS) is 16.4. The van der Waals surface area contributed by atoms with Crippen LogP contribution in [0, 0.1) is 0 Å². The lowest BCUT2D eigenvalue weighted by Gasteiger charge is -2.19. The highest BCUT2D eigenvalue weighted by Crippen LogP contribution is 2.29. The maximum absolute atomic E-state index is 5.90. The minimum absolute atomic E-state index is 0.978. The SMILES string of the molecule is C(=C1CCc2ccccc2O1)c1ccccc1. The lowest BCUT2D eigenvalue weighted by molar-refractivity contribution is 0.383. The minimum atomic E-state index is 0.978. The Morgan fingerprint density at radius 2 is 1.59 bits per heavy atom. The summed E-state index contributed by atoms with van der Waals surface area (Å²) in [4.78, 5) is 0. The molecule has 0 aliphatic carbocycles. The van der Waals surface area contributed by atoms with Crippen molar-refractivity contribution in [1.29, 1.82) is 0 Å². The summed E-state index contributed by atoms with van der Waals surface area (Å²) in [6.45, 7) is 0. The van der Waals surface area contributed by atoms with Gasteiger partial charge in [-0.05, 0) is 29.7 Å². The van der Waals surface area contributed by atoms with E-state index in [-0.39, 0.29) is 0 Å². The lowest BCUT2D eigenvalue weighted by atomic mass is 10.0. The van der Waals surface area contributed by atoms with Gasteiger partial charge >= 0.3 is 0 Å². The molecule has 0 unspecified atom stereocenters. The maximum Gasteiger partial charge on any atom is 0.130 e. The number of hydrogen-bond acceptors (Lipinski definition) is 1. The summed E-state index contributed by atoms with van der Waals surface area (Å²) in [5, 5.41) is 0. The van der Waals surface area contributed by atoms with E-state index in [9.17, 15) is 0 Å². The minimum Gasteiger partial charge on any atom is -0.461 e. The van der Waals surface area contributed by atoms with Gasteiger partial charge in [0.15, 0.2) is 0 Å². The van der Waals surface area contributed by atoms with Crippen molar-refractivity contribution < 1.29 is 4.74 Å². The second-order valence-electron chi connectivity index (χ2n) is 4.23. The first kappa shape index (κ1) is 10.2. The molecule has 2 aromatic rings. The van der Waals surface area contributed by atoms with Crippen LogP contribution in [0.1, 0.15) is 17.5 Å². The Hall–Kier alpha value is -2.02. The molecule has 1 aliphatic heterocycles. The number of hydrogen-bond donors (Lipinski definition) is 0.